The van der Waals surface area contributed by atoms with Crippen LogP contribution in [0.25, 0.3) is 22.8 Å². The summed E-state index contributed by atoms with van der Waals surface area (Å²) in [4.78, 5) is 3.49. The predicted octanol–water partition coefficient (Wildman–Crippen LogP) is 3.23. The number of nitrogens with zero attached hydrogens (tertiary/aromatic N) is 3. The second kappa shape index (κ2) is 8.67. The molecule has 2 aromatic carbocycles. The van der Waals surface area contributed by atoms with Crippen molar-refractivity contribution in [2.45, 2.75) is 31.1 Å². The van der Waals surface area contributed by atoms with E-state index in [1.54, 1.807) is 10.4 Å². The minimum absolute atomic E-state index is 0.153. The number of hydrogen-bond donors (Lipinski definition) is 2. The molecule has 0 spiro atoms. The summed E-state index contributed by atoms with van der Waals surface area (Å²) in [5.41, 5.74) is 2.31. The van der Waals surface area contributed by atoms with Gasteiger partial charge in [0, 0.05) is 30.8 Å². The van der Waals surface area contributed by atoms with Gasteiger partial charge in [0.05, 0.1) is 4.90 Å². The van der Waals surface area contributed by atoms with E-state index < -0.39 is 10.0 Å². The molecule has 4 rings (SSSR count). The van der Waals surface area contributed by atoms with Crippen LogP contribution in [0.5, 0.6) is 0 Å². The standard InChI is InChI=1S/C22H26N4O3S/c1-16-7-8-19(22-23-21(24-25-22)18-5-3-2-4-6-18)15-20(16)30(28,29)26-12-9-17(10-13-26)11-14-27/h2-8,15,17,27H,9-14H2,1H3,(H,23,24,25). The lowest BCUT2D eigenvalue weighted by atomic mass is 9.95. The Morgan fingerprint density at radius 3 is 2.37 bits per heavy atom. The molecule has 0 aliphatic carbocycles. The van der Waals surface area contributed by atoms with Crippen molar-refractivity contribution in [2.24, 2.45) is 5.92 Å². The molecule has 1 aliphatic rings. The molecule has 1 fully saturated rings. The molecule has 0 unspecified atom stereocenters. The minimum Gasteiger partial charge on any atom is -0.396 e. The van der Waals surface area contributed by atoms with Crippen LogP contribution in [0.4, 0.5) is 0 Å². The van der Waals surface area contributed by atoms with Crippen LogP contribution in [-0.2, 0) is 10.0 Å². The molecule has 1 aromatic heterocycles. The number of rotatable bonds is 6. The van der Waals surface area contributed by atoms with Crippen molar-refractivity contribution >= 4 is 10.0 Å². The number of hydrogen-bond acceptors (Lipinski definition) is 5. The molecule has 158 valence electrons. The van der Waals surface area contributed by atoms with Crippen LogP contribution in [0, 0.1) is 12.8 Å². The number of nitrogens with one attached hydrogen (secondary N) is 1. The van der Waals surface area contributed by atoms with Crippen molar-refractivity contribution in [3.8, 4) is 22.8 Å². The second-order valence-electron chi connectivity index (χ2n) is 7.73. The van der Waals surface area contributed by atoms with Crippen LogP contribution in [0.1, 0.15) is 24.8 Å². The van der Waals surface area contributed by atoms with Gasteiger partial charge in [-0.2, -0.15) is 4.31 Å². The molecule has 2 N–H and O–H groups in total. The maximum absolute atomic E-state index is 13.3. The normalized spacial score (nSPS) is 16.1. The van der Waals surface area contributed by atoms with Crippen LogP contribution in [0.3, 0.4) is 0 Å². The van der Waals surface area contributed by atoms with E-state index in [0.29, 0.717) is 46.7 Å². The molecule has 0 amide bonds. The van der Waals surface area contributed by atoms with Gasteiger partial charge in [0.1, 0.15) is 0 Å². The van der Waals surface area contributed by atoms with Crippen molar-refractivity contribution in [1.82, 2.24) is 19.5 Å². The average Bonchev–Trinajstić information content (AvgIpc) is 3.25. The Hall–Kier alpha value is -2.55. The quantitative estimate of drug-likeness (QED) is 0.630. The maximum atomic E-state index is 13.3. The van der Waals surface area contributed by atoms with E-state index in [1.165, 1.54) is 0 Å². The Morgan fingerprint density at radius 1 is 1.03 bits per heavy atom. The second-order valence-corrected chi connectivity index (χ2v) is 9.63. The molecule has 0 atom stereocenters. The Morgan fingerprint density at radius 2 is 1.70 bits per heavy atom. The zero-order valence-corrected chi connectivity index (χ0v) is 17.8. The number of H-pyrrole nitrogens is 1. The molecule has 30 heavy (non-hydrogen) atoms. The summed E-state index contributed by atoms with van der Waals surface area (Å²) in [6, 6.07) is 15.0. The van der Waals surface area contributed by atoms with Crippen molar-refractivity contribution in [3.05, 3.63) is 54.1 Å². The van der Waals surface area contributed by atoms with Crippen LogP contribution in [-0.4, -0.2) is 52.7 Å². The van der Waals surface area contributed by atoms with Gasteiger partial charge in [-0.05, 0) is 43.7 Å². The number of benzene rings is 2. The van der Waals surface area contributed by atoms with E-state index in [4.69, 9.17) is 5.11 Å². The van der Waals surface area contributed by atoms with Gasteiger partial charge in [-0.3, -0.25) is 0 Å². The summed E-state index contributed by atoms with van der Waals surface area (Å²) < 4.78 is 28.2. The number of aromatic nitrogens is 3. The lowest BCUT2D eigenvalue weighted by Gasteiger charge is -2.31. The molecule has 3 aromatic rings. The van der Waals surface area contributed by atoms with Gasteiger partial charge in [-0.1, -0.05) is 42.5 Å². The molecule has 0 saturated carbocycles. The Bertz CT molecular complexity index is 1100. The number of piperidine rings is 1. The van der Waals surface area contributed by atoms with E-state index >= 15 is 0 Å². The first-order valence-electron chi connectivity index (χ1n) is 10.2. The van der Waals surface area contributed by atoms with Crippen molar-refractivity contribution in [2.75, 3.05) is 19.7 Å². The molecule has 8 heteroatoms. The van der Waals surface area contributed by atoms with E-state index in [-0.39, 0.29) is 6.61 Å². The van der Waals surface area contributed by atoms with Crippen LogP contribution >= 0.6 is 0 Å². The van der Waals surface area contributed by atoms with Gasteiger partial charge in [0.15, 0.2) is 11.6 Å². The van der Waals surface area contributed by atoms with Gasteiger partial charge in [-0.25, -0.2) is 8.42 Å². The summed E-state index contributed by atoms with van der Waals surface area (Å²) in [5.74, 6) is 1.56. The minimum atomic E-state index is -3.60. The first kappa shape index (κ1) is 20.7. The van der Waals surface area contributed by atoms with Gasteiger partial charge < -0.3 is 10.1 Å². The summed E-state index contributed by atoms with van der Waals surface area (Å²) in [5, 5.41) is 17.6. The average molecular weight is 427 g/mol. The molecule has 1 aliphatic heterocycles. The third-order valence-electron chi connectivity index (χ3n) is 5.72. The lowest BCUT2D eigenvalue weighted by molar-refractivity contribution is 0.208. The molecule has 2 heterocycles. The highest BCUT2D eigenvalue weighted by Crippen LogP contribution is 2.30. The Balaban J connectivity index is 1.60. The third-order valence-corrected chi connectivity index (χ3v) is 7.76. The fourth-order valence-corrected chi connectivity index (χ4v) is 5.62. The first-order valence-corrected chi connectivity index (χ1v) is 11.6. The fraction of sp³-hybridized carbons (Fsp3) is 0.364. The molecular weight excluding hydrogens is 400 g/mol. The van der Waals surface area contributed by atoms with E-state index in [9.17, 15) is 8.42 Å². The van der Waals surface area contributed by atoms with Gasteiger partial charge in [0.2, 0.25) is 10.0 Å². The number of sulfonamides is 1. The Labute approximate surface area is 176 Å². The van der Waals surface area contributed by atoms with Crippen molar-refractivity contribution in [3.63, 3.8) is 0 Å². The fourth-order valence-electron chi connectivity index (χ4n) is 3.90. The van der Waals surface area contributed by atoms with E-state index in [1.807, 2.05) is 49.4 Å². The molecule has 0 radical (unpaired) electrons. The largest absolute Gasteiger partial charge is 0.396 e. The van der Waals surface area contributed by atoms with Crippen molar-refractivity contribution < 1.29 is 13.5 Å². The predicted molar refractivity (Wildman–Crippen MR) is 115 cm³/mol. The van der Waals surface area contributed by atoms with Gasteiger partial charge >= 0.3 is 0 Å². The van der Waals surface area contributed by atoms with Crippen LogP contribution in [0.15, 0.2) is 53.4 Å². The SMILES string of the molecule is Cc1ccc(-c2nnc(-c3ccccc3)[nH]2)cc1S(=O)(=O)N1CCC(CCO)CC1. The smallest absolute Gasteiger partial charge is 0.243 e. The lowest BCUT2D eigenvalue weighted by Crippen LogP contribution is -2.38. The number of aliphatic hydroxyl groups is 1. The number of aryl methyl sites for hydroxylation is 1. The zero-order chi connectivity index (χ0) is 21.1. The van der Waals surface area contributed by atoms with Crippen molar-refractivity contribution in [1.29, 1.82) is 0 Å². The van der Waals surface area contributed by atoms with E-state index in [0.717, 1.165) is 24.8 Å². The highest BCUT2D eigenvalue weighted by atomic mass is 32.2. The zero-order valence-electron chi connectivity index (χ0n) is 17.0. The van der Waals surface area contributed by atoms with Gasteiger partial charge in [-0.15, -0.1) is 10.2 Å². The van der Waals surface area contributed by atoms with Crippen LogP contribution in [0.2, 0.25) is 0 Å². The Kier molecular flexibility index (Phi) is 5.99. The number of aromatic amines is 1. The van der Waals surface area contributed by atoms with Crippen LogP contribution < -0.4 is 0 Å². The molecular formula is C22H26N4O3S. The third kappa shape index (κ3) is 4.16. The highest BCUT2D eigenvalue weighted by molar-refractivity contribution is 7.89. The highest BCUT2D eigenvalue weighted by Gasteiger charge is 2.30. The molecule has 7 nitrogen and oxygen atoms in total. The van der Waals surface area contributed by atoms with E-state index in [2.05, 4.69) is 15.2 Å². The summed E-state index contributed by atoms with van der Waals surface area (Å²) in [6.45, 7) is 2.93. The summed E-state index contributed by atoms with van der Waals surface area (Å²) >= 11 is 0. The van der Waals surface area contributed by atoms with Gasteiger partial charge in [0.25, 0.3) is 0 Å². The monoisotopic (exact) mass is 426 g/mol. The summed E-state index contributed by atoms with van der Waals surface area (Å²) in [6.07, 6.45) is 2.29. The molecule has 0 bridgehead atoms. The topological polar surface area (TPSA) is 99.2 Å². The molecule has 1 saturated heterocycles. The number of aliphatic hydroxyl groups excluding tert-OH is 1. The maximum Gasteiger partial charge on any atom is 0.243 e. The summed E-state index contributed by atoms with van der Waals surface area (Å²) in [7, 11) is -3.60. The first-order chi connectivity index (χ1) is 14.5.